The highest BCUT2D eigenvalue weighted by Crippen LogP contribution is 2.55. The highest BCUT2D eigenvalue weighted by Gasteiger charge is 2.52. The van der Waals surface area contributed by atoms with Crippen LogP contribution in [0.2, 0.25) is 0 Å². The molecule has 5 nitrogen and oxygen atoms in total. The average molecular weight is 405 g/mol. The number of nitrogens with zero attached hydrogens (tertiary/aromatic N) is 2. The molecule has 2 heterocycles. The van der Waals surface area contributed by atoms with Crippen LogP contribution in [0.4, 0.5) is 5.82 Å². The normalized spacial score (nSPS) is 36.6. The quantitative estimate of drug-likeness (QED) is 0.749. The van der Waals surface area contributed by atoms with Crippen LogP contribution in [0.1, 0.15) is 86.3 Å². The second-order valence-electron chi connectivity index (χ2n) is 10.4. The molecule has 3 aliphatic carbocycles. The van der Waals surface area contributed by atoms with Crippen molar-refractivity contribution in [2.75, 3.05) is 5.32 Å². The van der Waals surface area contributed by atoms with E-state index in [0.717, 1.165) is 30.0 Å². The molecule has 30 heavy (non-hydrogen) atoms. The van der Waals surface area contributed by atoms with E-state index in [1.165, 1.54) is 50.5 Å². The maximum Gasteiger partial charge on any atom is 0.257 e. The first-order chi connectivity index (χ1) is 14.6. The van der Waals surface area contributed by atoms with Crippen LogP contribution in [-0.2, 0) is 0 Å². The van der Waals surface area contributed by atoms with Gasteiger partial charge in [-0.15, -0.1) is 0 Å². The lowest BCUT2D eigenvalue weighted by molar-refractivity contribution is 0.0852. The molecule has 3 fully saturated rings. The minimum Gasteiger partial charge on any atom is -0.363 e. The summed E-state index contributed by atoms with van der Waals surface area (Å²) in [7, 11) is 0. The molecule has 6 unspecified atom stereocenters. The molecule has 3 saturated carbocycles. The van der Waals surface area contributed by atoms with Gasteiger partial charge in [-0.1, -0.05) is 49.6 Å². The molecule has 1 aromatic carbocycles. The van der Waals surface area contributed by atoms with E-state index >= 15 is 0 Å². The van der Waals surface area contributed by atoms with Crippen LogP contribution < -0.4 is 10.6 Å². The van der Waals surface area contributed by atoms with Crippen molar-refractivity contribution in [3.8, 4) is 0 Å². The van der Waals surface area contributed by atoms with E-state index in [9.17, 15) is 4.79 Å². The fourth-order valence-electron chi connectivity index (χ4n) is 7.19. The molecular formula is C25H32N4O. The molecule has 1 aromatic heterocycles. The van der Waals surface area contributed by atoms with Gasteiger partial charge in [-0.25, -0.2) is 4.68 Å². The van der Waals surface area contributed by atoms with Gasteiger partial charge < -0.3 is 10.6 Å². The molecule has 5 heteroatoms. The number of benzene rings is 1. The summed E-state index contributed by atoms with van der Waals surface area (Å²) in [5.41, 5.74) is 1.99. The van der Waals surface area contributed by atoms with Crippen LogP contribution in [0.25, 0.3) is 0 Å². The van der Waals surface area contributed by atoms with Crippen LogP contribution in [0.5, 0.6) is 0 Å². The van der Waals surface area contributed by atoms with Crippen LogP contribution in [0.3, 0.4) is 0 Å². The number of carbonyl (C=O) groups excluding carboxylic acids is 1. The van der Waals surface area contributed by atoms with Gasteiger partial charge in [-0.2, -0.15) is 5.10 Å². The first kappa shape index (κ1) is 18.5. The highest BCUT2D eigenvalue weighted by molar-refractivity contribution is 5.99. The Kier molecular flexibility index (Phi) is 4.22. The number of rotatable bonds is 3. The minimum absolute atomic E-state index is 0.0175. The lowest BCUT2D eigenvalue weighted by Crippen LogP contribution is -2.49. The average Bonchev–Trinajstić information content (AvgIpc) is 3.23. The van der Waals surface area contributed by atoms with Gasteiger partial charge in [0, 0.05) is 5.54 Å². The summed E-state index contributed by atoms with van der Waals surface area (Å²) in [6.07, 6.45) is 11.8. The molecule has 0 saturated heterocycles. The molecule has 3 bridgehead atoms. The van der Waals surface area contributed by atoms with Crippen molar-refractivity contribution in [2.24, 2.45) is 17.8 Å². The van der Waals surface area contributed by atoms with Crippen LogP contribution in [0, 0.1) is 17.8 Å². The smallest absolute Gasteiger partial charge is 0.257 e. The molecule has 1 aliphatic heterocycles. The second-order valence-corrected chi connectivity index (χ2v) is 10.4. The van der Waals surface area contributed by atoms with Gasteiger partial charge in [0.1, 0.15) is 11.4 Å². The molecule has 4 aliphatic rings. The van der Waals surface area contributed by atoms with Crippen molar-refractivity contribution >= 4 is 11.7 Å². The number of nitrogens with one attached hydrogen (secondary N) is 2. The number of carbonyl (C=O) groups is 1. The van der Waals surface area contributed by atoms with Crippen molar-refractivity contribution in [3.63, 3.8) is 0 Å². The van der Waals surface area contributed by atoms with E-state index < -0.39 is 0 Å². The Hall–Kier alpha value is -2.30. The molecule has 6 atom stereocenters. The first-order valence-electron chi connectivity index (χ1n) is 11.8. The van der Waals surface area contributed by atoms with E-state index in [0.29, 0.717) is 5.56 Å². The number of anilines is 1. The third-order valence-corrected chi connectivity index (χ3v) is 8.40. The molecule has 2 N–H and O–H groups in total. The fraction of sp³-hybridized carbons (Fsp3) is 0.600. The molecule has 2 aromatic rings. The zero-order valence-corrected chi connectivity index (χ0v) is 17.8. The largest absolute Gasteiger partial charge is 0.363 e. The van der Waals surface area contributed by atoms with E-state index in [2.05, 4.69) is 46.9 Å². The fourth-order valence-corrected chi connectivity index (χ4v) is 7.19. The van der Waals surface area contributed by atoms with E-state index in [1.54, 1.807) is 6.20 Å². The molecule has 0 spiro atoms. The van der Waals surface area contributed by atoms with Gasteiger partial charge in [-0.05, 0) is 62.3 Å². The van der Waals surface area contributed by atoms with Crippen LogP contribution >= 0.6 is 0 Å². The Bertz CT molecular complexity index is 949. The van der Waals surface area contributed by atoms with Crippen molar-refractivity contribution in [3.05, 3.63) is 47.7 Å². The summed E-state index contributed by atoms with van der Waals surface area (Å²) >= 11 is 0. The third kappa shape index (κ3) is 2.97. The monoisotopic (exact) mass is 404 g/mol. The first-order valence-corrected chi connectivity index (χ1v) is 11.8. The van der Waals surface area contributed by atoms with Gasteiger partial charge >= 0.3 is 0 Å². The van der Waals surface area contributed by atoms with Gasteiger partial charge in [0.25, 0.3) is 5.91 Å². The Balaban J connectivity index is 1.26. The number of amides is 1. The van der Waals surface area contributed by atoms with Gasteiger partial charge in [0.2, 0.25) is 0 Å². The molecule has 0 radical (unpaired) electrons. The summed E-state index contributed by atoms with van der Waals surface area (Å²) in [6.45, 7) is 2.19. The van der Waals surface area contributed by atoms with Crippen molar-refractivity contribution < 1.29 is 4.79 Å². The molecule has 1 amide bonds. The number of fused-ring (bicyclic) bond motifs is 3. The maximum absolute atomic E-state index is 13.5. The summed E-state index contributed by atoms with van der Waals surface area (Å²) in [6, 6.07) is 11.0. The number of hydrogen-bond acceptors (Lipinski definition) is 3. The van der Waals surface area contributed by atoms with Crippen molar-refractivity contribution in [1.29, 1.82) is 0 Å². The number of aromatic nitrogens is 2. The molecule has 158 valence electrons. The zero-order chi connectivity index (χ0) is 20.3. The zero-order valence-electron chi connectivity index (χ0n) is 17.8. The Morgan fingerprint density at radius 2 is 1.97 bits per heavy atom. The topological polar surface area (TPSA) is 59.0 Å². The van der Waals surface area contributed by atoms with E-state index in [4.69, 9.17) is 0 Å². The third-order valence-electron chi connectivity index (χ3n) is 8.40. The predicted octanol–water partition coefficient (Wildman–Crippen LogP) is 5.09. The van der Waals surface area contributed by atoms with E-state index in [1.807, 2.05) is 10.7 Å². The summed E-state index contributed by atoms with van der Waals surface area (Å²) in [5, 5.41) is 11.8. The lowest BCUT2D eigenvalue weighted by atomic mass is 9.75. The SMILES string of the molecule is CC1CC(c2ccccc2)Nc2c(C(=O)NC34CC5CCCC(C3)C(C5)C4)cnn21. The second kappa shape index (κ2) is 6.86. The van der Waals surface area contributed by atoms with Crippen LogP contribution in [-0.4, -0.2) is 21.2 Å². The summed E-state index contributed by atoms with van der Waals surface area (Å²) in [5.74, 6) is 3.39. The number of hydrogen-bond donors (Lipinski definition) is 2. The summed E-state index contributed by atoms with van der Waals surface area (Å²) in [4.78, 5) is 13.5. The Labute approximate surface area is 178 Å². The van der Waals surface area contributed by atoms with Gasteiger partial charge in [0.05, 0.1) is 18.3 Å². The standard InChI is InChI=1S/C25H32N4O/c1-16-10-22(18-7-3-2-4-8-18)27-23-21(15-26-29(16)23)24(30)28-25-12-17-6-5-9-19(13-25)20(11-17)14-25/h2-4,7-8,15-17,19-20,22,27H,5-6,9-14H2,1H3,(H,28,30). The minimum atomic E-state index is 0.0175. The Morgan fingerprint density at radius 3 is 2.83 bits per heavy atom. The predicted molar refractivity (Wildman–Crippen MR) is 117 cm³/mol. The highest BCUT2D eigenvalue weighted by atomic mass is 16.1. The van der Waals surface area contributed by atoms with E-state index in [-0.39, 0.29) is 23.5 Å². The Morgan fingerprint density at radius 1 is 1.13 bits per heavy atom. The van der Waals surface area contributed by atoms with Crippen LogP contribution in [0.15, 0.2) is 36.5 Å². The maximum atomic E-state index is 13.5. The van der Waals surface area contributed by atoms with Crippen molar-refractivity contribution in [1.82, 2.24) is 15.1 Å². The molecular weight excluding hydrogens is 372 g/mol. The lowest BCUT2D eigenvalue weighted by Gasteiger charge is -2.39. The summed E-state index contributed by atoms with van der Waals surface area (Å²) < 4.78 is 2.00. The van der Waals surface area contributed by atoms with Crippen molar-refractivity contribution in [2.45, 2.75) is 75.9 Å². The molecule has 6 rings (SSSR count). The van der Waals surface area contributed by atoms with Gasteiger partial charge in [-0.3, -0.25) is 4.79 Å². The van der Waals surface area contributed by atoms with Gasteiger partial charge in [0.15, 0.2) is 0 Å².